The SMILES string of the molecule is NCCNc1nc2ccccc2n2c(-c3ccc(Br)cc3)cnc12. The quantitative estimate of drug-likeness (QED) is 0.565. The van der Waals surface area contributed by atoms with Crippen molar-refractivity contribution in [2.75, 3.05) is 18.4 Å². The summed E-state index contributed by atoms with van der Waals surface area (Å²) >= 11 is 3.48. The summed E-state index contributed by atoms with van der Waals surface area (Å²) in [4.78, 5) is 9.31. The predicted octanol–water partition coefficient (Wildman–Crippen LogP) is 3.68. The molecule has 2 aromatic heterocycles. The van der Waals surface area contributed by atoms with Crippen LogP contribution in [0.25, 0.3) is 27.9 Å². The average molecular weight is 382 g/mol. The van der Waals surface area contributed by atoms with Gasteiger partial charge in [0.2, 0.25) is 0 Å². The molecule has 0 aliphatic rings. The van der Waals surface area contributed by atoms with Crippen molar-refractivity contribution in [3.8, 4) is 11.3 Å². The number of benzene rings is 2. The van der Waals surface area contributed by atoms with Crippen LogP contribution >= 0.6 is 15.9 Å². The molecule has 0 amide bonds. The first kappa shape index (κ1) is 15.1. The fourth-order valence-corrected chi connectivity index (χ4v) is 3.08. The lowest BCUT2D eigenvalue weighted by atomic mass is 10.1. The van der Waals surface area contributed by atoms with Crippen LogP contribution < -0.4 is 11.1 Å². The van der Waals surface area contributed by atoms with E-state index in [1.54, 1.807) is 0 Å². The molecule has 24 heavy (non-hydrogen) atoms. The summed E-state index contributed by atoms with van der Waals surface area (Å²) in [7, 11) is 0. The Kier molecular flexibility index (Phi) is 3.92. The lowest BCUT2D eigenvalue weighted by Gasteiger charge is -2.11. The van der Waals surface area contributed by atoms with E-state index in [-0.39, 0.29) is 0 Å². The summed E-state index contributed by atoms with van der Waals surface area (Å²) in [6.07, 6.45) is 1.89. The van der Waals surface area contributed by atoms with Crippen molar-refractivity contribution >= 4 is 38.4 Å². The predicted molar refractivity (Wildman–Crippen MR) is 101 cm³/mol. The Bertz CT molecular complexity index is 1010. The molecule has 0 saturated heterocycles. The van der Waals surface area contributed by atoms with Gasteiger partial charge in [-0.1, -0.05) is 40.2 Å². The van der Waals surface area contributed by atoms with Gasteiger partial charge < -0.3 is 11.1 Å². The Morgan fingerprint density at radius 2 is 1.88 bits per heavy atom. The molecule has 120 valence electrons. The van der Waals surface area contributed by atoms with E-state index in [2.05, 4.69) is 48.8 Å². The van der Waals surface area contributed by atoms with Crippen LogP contribution in [-0.4, -0.2) is 27.5 Å². The lowest BCUT2D eigenvalue weighted by molar-refractivity contribution is 1.01. The molecule has 0 saturated carbocycles. The van der Waals surface area contributed by atoms with Gasteiger partial charge in [-0.3, -0.25) is 4.40 Å². The number of aromatic nitrogens is 3. The van der Waals surface area contributed by atoms with Crippen LogP contribution in [0.2, 0.25) is 0 Å². The van der Waals surface area contributed by atoms with Gasteiger partial charge in [-0.2, -0.15) is 0 Å². The fraction of sp³-hybridized carbons (Fsp3) is 0.111. The first-order valence-corrected chi connectivity index (χ1v) is 8.53. The molecule has 0 unspecified atom stereocenters. The number of nitrogens with one attached hydrogen (secondary N) is 1. The highest BCUT2D eigenvalue weighted by molar-refractivity contribution is 9.10. The highest BCUT2D eigenvalue weighted by Gasteiger charge is 2.14. The van der Waals surface area contributed by atoms with Crippen LogP contribution in [0.4, 0.5) is 5.82 Å². The Hall–Kier alpha value is -2.44. The molecule has 0 radical (unpaired) electrons. The molecule has 4 aromatic rings. The van der Waals surface area contributed by atoms with Crippen LogP contribution in [0.1, 0.15) is 0 Å². The molecular formula is C18H16BrN5. The Morgan fingerprint density at radius 3 is 2.67 bits per heavy atom. The van der Waals surface area contributed by atoms with Crippen molar-refractivity contribution in [1.29, 1.82) is 0 Å². The molecule has 5 nitrogen and oxygen atoms in total. The number of nitrogens with two attached hydrogens (primary N) is 1. The van der Waals surface area contributed by atoms with Gasteiger partial charge in [0.1, 0.15) is 0 Å². The van der Waals surface area contributed by atoms with Crippen molar-refractivity contribution < 1.29 is 0 Å². The molecule has 0 aliphatic heterocycles. The lowest BCUT2D eigenvalue weighted by Crippen LogP contribution is -2.15. The largest absolute Gasteiger partial charge is 0.366 e. The zero-order valence-electron chi connectivity index (χ0n) is 12.9. The molecule has 3 N–H and O–H groups in total. The van der Waals surface area contributed by atoms with E-state index in [1.807, 2.05) is 36.5 Å². The van der Waals surface area contributed by atoms with E-state index >= 15 is 0 Å². The maximum Gasteiger partial charge on any atom is 0.181 e. The molecule has 0 spiro atoms. The number of anilines is 1. The Morgan fingerprint density at radius 1 is 1.08 bits per heavy atom. The molecule has 0 fully saturated rings. The molecule has 6 heteroatoms. The number of hydrogen-bond acceptors (Lipinski definition) is 4. The molecule has 0 aliphatic carbocycles. The second-order valence-corrected chi connectivity index (χ2v) is 6.39. The Labute approximate surface area is 147 Å². The van der Waals surface area contributed by atoms with Crippen LogP contribution in [0, 0.1) is 0 Å². The highest BCUT2D eigenvalue weighted by atomic mass is 79.9. The summed E-state index contributed by atoms with van der Waals surface area (Å²) < 4.78 is 3.20. The van der Waals surface area contributed by atoms with Gasteiger partial charge in [0.25, 0.3) is 0 Å². The summed E-state index contributed by atoms with van der Waals surface area (Å²) in [5, 5.41) is 3.28. The topological polar surface area (TPSA) is 68.2 Å². The van der Waals surface area contributed by atoms with Crippen molar-refractivity contribution in [1.82, 2.24) is 14.4 Å². The third kappa shape index (κ3) is 2.53. The number of hydrogen-bond donors (Lipinski definition) is 2. The molecule has 0 atom stereocenters. The molecule has 0 bridgehead atoms. The van der Waals surface area contributed by atoms with Gasteiger partial charge in [0.05, 0.1) is 22.9 Å². The zero-order valence-corrected chi connectivity index (χ0v) is 14.5. The van der Waals surface area contributed by atoms with Gasteiger partial charge in [0, 0.05) is 23.1 Å². The van der Waals surface area contributed by atoms with E-state index < -0.39 is 0 Å². The van der Waals surface area contributed by atoms with Gasteiger partial charge in [-0.25, -0.2) is 9.97 Å². The van der Waals surface area contributed by atoms with Crippen LogP contribution in [0.15, 0.2) is 59.2 Å². The number of nitrogens with zero attached hydrogens (tertiary/aromatic N) is 3. The highest BCUT2D eigenvalue weighted by Crippen LogP contribution is 2.29. The maximum absolute atomic E-state index is 5.62. The monoisotopic (exact) mass is 381 g/mol. The Balaban J connectivity index is 2.02. The average Bonchev–Trinajstić information content (AvgIpc) is 3.06. The normalized spacial score (nSPS) is 11.2. The van der Waals surface area contributed by atoms with E-state index in [1.165, 1.54) is 0 Å². The van der Waals surface area contributed by atoms with Gasteiger partial charge in [0.15, 0.2) is 11.5 Å². The first-order valence-electron chi connectivity index (χ1n) is 7.74. The van der Waals surface area contributed by atoms with Crippen molar-refractivity contribution in [2.24, 2.45) is 5.73 Å². The van der Waals surface area contributed by atoms with E-state index in [0.29, 0.717) is 13.1 Å². The van der Waals surface area contributed by atoms with Crippen molar-refractivity contribution in [2.45, 2.75) is 0 Å². The number of halogens is 1. The van der Waals surface area contributed by atoms with Crippen molar-refractivity contribution in [3.05, 3.63) is 59.2 Å². The van der Waals surface area contributed by atoms with E-state index in [9.17, 15) is 0 Å². The van der Waals surface area contributed by atoms with E-state index in [0.717, 1.165) is 38.2 Å². The summed E-state index contributed by atoms with van der Waals surface area (Å²) in [6.45, 7) is 1.20. The van der Waals surface area contributed by atoms with Crippen LogP contribution in [-0.2, 0) is 0 Å². The van der Waals surface area contributed by atoms with Gasteiger partial charge in [-0.15, -0.1) is 0 Å². The minimum absolute atomic E-state index is 0.543. The molecule has 2 heterocycles. The summed E-state index contributed by atoms with van der Waals surface area (Å²) in [5.74, 6) is 0.752. The van der Waals surface area contributed by atoms with Gasteiger partial charge in [-0.05, 0) is 24.3 Å². The number of fused-ring (bicyclic) bond motifs is 3. The molecule has 4 rings (SSSR count). The second kappa shape index (κ2) is 6.22. The standard InChI is InChI=1S/C18H16BrN5/c19-13-7-5-12(6-8-13)16-11-22-18-17(21-10-9-20)23-14-3-1-2-4-15(14)24(16)18/h1-8,11H,9-10,20H2,(H,21,23). The number of rotatable bonds is 4. The van der Waals surface area contributed by atoms with E-state index in [4.69, 9.17) is 10.7 Å². The number of para-hydroxylation sites is 2. The van der Waals surface area contributed by atoms with Crippen LogP contribution in [0.3, 0.4) is 0 Å². The van der Waals surface area contributed by atoms with Crippen LogP contribution in [0.5, 0.6) is 0 Å². The minimum atomic E-state index is 0.543. The molecular weight excluding hydrogens is 366 g/mol. The second-order valence-electron chi connectivity index (χ2n) is 5.47. The summed E-state index contributed by atoms with van der Waals surface area (Å²) in [5.41, 5.74) is 10.5. The third-order valence-corrected chi connectivity index (χ3v) is 4.43. The molecule has 2 aromatic carbocycles. The minimum Gasteiger partial charge on any atom is -0.366 e. The number of imidazole rings is 1. The van der Waals surface area contributed by atoms with Gasteiger partial charge >= 0.3 is 0 Å². The summed E-state index contributed by atoms with van der Waals surface area (Å²) in [6, 6.07) is 16.3. The third-order valence-electron chi connectivity index (χ3n) is 3.91. The smallest absolute Gasteiger partial charge is 0.181 e. The zero-order chi connectivity index (χ0) is 16.5. The van der Waals surface area contributed by atoms with Crippen molar-refractivity contribution in [3.63, 3.8) is 0 Å². The maximum atomic E-state index is 5.62. The fourth-order valence-electron chi connectivity index (χ4n) is 2.81. The first-order chi connectivity index (χ1) is 11.8.